The summed E-state index contributed by atoms with van der Waals surface area (Å²) in [7, 11) is 0. The van der Waals surface area contributed by atoms with Gasteiger partial charge in [-0.1, -0.05) is 54.2 Å². The first-order chi connectivity index (χ1) is 15.6. The highest BCUT2D eigenvalue weighted by atomic mass is 32.2. The normalized spacial score (nSPS) is 11.7. The van der Waals surface area contributed by atoms with Crippen molar-refractivity contribution in [3.63, 3.8) is 0 Å². The third kappa shape index (κ3) is 4.58. The number of para-hydroxylation sites is 1. The van der Waals surface area contributed by atoms with Crippen LogP contribution >= 0.6 is 11.8 Å². The molecule has 32 heavy (non-hydrogen) atoms. The number of benzene rings is 2. The number of rotatable bonds is 7. The van der Waals surface area contributed by atoms with Crippen molar-refractivity contribution in [3.05, 3.63) is 83.8 Å². The molecular weight excluding hydrogens is 422 g/mol. The summed E-state index contributed by atoms with van der Waals surface area (Å²) in [4.78, 5) is 12.8. The van der Waals surface area contributed by atoms with Crippen molar-refractivity contribution in [2.24, 2.45) is 0 Å². The molecule has 2 heterocycles. The zero-order valence-electron chi connectivity index (χ0n) is 17.6. The van der Waals surface area contributed by atoms with E-state index in [0.29, 0.717) is 28.8 Å². The lowest BCUT2D eigenvalue weighted by molar-refractivity contribution is -0.115. The van der Waals surface area contributed by atoms with E-state index in [0.717, 1.165) is 16.9 Å². The van der Waals surface area contributed by atoms with Gasteiger partial charge in [0.1, 0.15) is 11.8 Å². The quantitative estimate of drug-likeness (QED) is 0.409. The molecule has 2 aromatic heterocycles. The number of thioether (sulfide) groups is 1. The highest BCUT2D eigenvalue weighted by Crippen LogP contribution is 2.30. The van der Waals surface area contributed by atoms with Gasteiger partial charge in [-0.25, -0.2) is 0 Å². The largest absolute Gasteiger partial charge is 0.469 e. The van der Waals surface area contributed by atoms with Gasteiger partial charge in [-0.05, 0) is 37.6 Å². The van der Waals surface area contributed by atoms with E-state index in [1.54, 1.807) is 37.5 Å². The van der Waals surface area contributed by atoms with E-state index in [2.05, 4.69) is 21.6 Å². The first kappa shape index (κ1) is 21.4. The molecule has 0 aliphatic rings. The van der Waals surface area contributed by atoms with Gasteiger partial charge in [0, 0.05) is 0 Å². The van der Waals surface area contributed by atoms with Gasteiger partial charge in [0.25, 0.3) is 0 Å². The van der Waals surface area contributed by atoms with Gasteiger partial charge in [0.05, 0.1) is 34.9 Å². The number of aromatic nitrogens is 3. The summed E-state index contributed by atoms with van der Waals surface area (Å²) in [5.41, 5.74) is 2.87. The van der Waals surface area contributed by atoms with Crippen LogP contribution in [0.3, 0.4) is 0 Å². The summed E-state index contributed by atoms with van der Waals surface area (Å²) >= 11 is 1.32. The fourth-order valence-electron chi connectivity index (χ4n) is 3.24. The second kappa shape index (κ2) is 9.54. The lowest BCUT2D eigenvalue weighted by Crippen LogP contribution is -2.23. The Hall–Kier alpha value is -3.83. The van der Waals surface area contributed by atoms with Crippen LogP contribution in [-0.2, 0) is 11.3 Å². The fraction of sp³-hybridized carbons (Fsp3) is 0.167. The zero-order chi connectivity index (χ0) is 22.5. The van der Waals surface area contributed by atoms with Crippen LogP contribution in [0.25, 0.3) is 11.4 Å². The molecule has 1 N–H and O–H groups in total. The minimum atomic E-state index is -0.459. The Morgan fingerprint density at radius 3 is 2.62 bits per heavy atom. The molecule has 1 unspecified atom stereocenters. The van der Waals surface area contributed by atoms with Gasteiger partial charge in [-0.15, -0.1) is 10.2 Å². The highest BCUT2D eigenvalue weighted by molar-refractivity contribution is 8.00. The molecule has 0 saturated carbocycles. The van der Waals surface area contributed by atoms with Crippen molar-refractivity contribution < 1.29 is 9.21 Å². The topological polar surface area (TPSA) is 96.7 Å². The van der Waals surface area contributed by atoms with Gasteiger partial charge in [0.2, 0.25) is 5.91 Å². The molecule has 8 heteroatoms. The first-order valence-corrected chi connectivity index (χ1v) is 10.9. The molecule has 1 amide bonds. The standard InChI is InChI=1S/C24H21N5O2S/c1-16-20(12-13-31-16)22-27-28-24(29(22)15-18-8-4-3-5-9-18)32-17(2)23(30)26-21-11-7-6-10-19(21)14-25/h3-13,17H,15H2,1-2H3,(H,26,30). The molecule has 4 aromatic rings. The molecule has 0 fully saturated rings. The zero-order valence-corrected chi connectivity index (χ0v) is 18.5. The molecule has 0 aliphatic heterocycles. The Labute approximate surface area is 190 Å². The van der Waals surface area contributed by atoms with Gasteiger partial charge in [-0.3, -0.25) is 9.36 Å². The van der Waals surface area contributed by atoms with Gasteiger partial charge < -0.3 is 9.73 Å². The van der Waals surface area contributed by atoms with Gasteiger partial charge in [0.15, 0.2) is 11.0 Å². The molecule has 0 bridgehead atoms. The van der Waals surface area contributed by atoms with Gasteiger partial charge in [-0.2, -0.15) is 5.26 Å². The van der Waals surface area contributed by atoms with E-state index >= 15 is 0 Å². The summed E-state index contributed by atoms with van der Waals surface area (Å²) in [5.74, 6) is 1.22. The summed E-state index contributed by atoms with van der Waals surface area (Å²) < 4.78 is 7.45. The molecular formula is C24H21N5O2S. The number of nitriles is 1. The predicted octanol–water partition coefficient (Wildman–Crippen LogP) is 4.89. The Morgan fingerprint density at radius 1 is 1.16 bits per heavy atom. The Morgan fingerprint density at radius 2 is 1.91 bits per heavy atom. The predicted molar refractivity (Wildman–Crippen MR) is 123 cm³/mol. The Balaban J connectivity index is 1.60. The minimum Gasteiger partial charge on any atom is -0.469 e. The van der Waals surface area contributed by atoms with Crippen molar-refractivity contribution >= 4 is 23.4 Å². The van der Waals surface area contributed by atoms with Crippen LogP contribution in [-0.4, -0.2) is 25.9 Å². The average Bonchev–Trinajstić information content (AvgIpc) is 3.40. The third-order valence-electron chi connectivity index (χ3n) is 4.96. The Kier molecular flexibility index (Phi) is 6.38. The van der Waals surface area contributed by atoms with Crippen molar-refractivity contribution in [2.45, 2.75) is 30.8 Å². The van der Waals surface area contributed by atoms with E-state index in [-0.39, 0.29) is 5.91 Å². The van der Waals surface area contributed by atoms with Crippen molar-refractivity contribution in [1.82, 2.24) is 14.8 Å². The summed E-state index contributed by atoms with van der Waals surface area (Å²) in [5, 5.41) is 21.0. The number of furan rings is 1. The number of carbonyl (C=O) groups is 1. The highest BCUT2D eigenvalue weighted by Gasteiger charge is 2.23. The average molecular weight is 444 g/mol. The smallest absolute Gasteiger partial charge is 0.237 e. The van der Waals surface area contributed by atoms with Crippen molar-refractivity contribution in [1.29, 1.82) is 5.26 Å². The third-order valence-corrected chi connectivity index (χ3v) is 6.04. The fourth-order valence-corrected chi connectivity index (χ4v) is 4.08. The van der Waals surface area contributed by atoms with Crippen LogP contribution in [0.5, 0.6) is 0 Å². The van der Waals surface area contributed by atoms with Crippen LogP contribution in [0.2, 0.25) is 0 Å². The van der Waals surface area contributed by atoms with Crippen LogP contribution in [0.1, 0.15) is 23.8 Å². The number of anilines is 1. The van der Waals surface area contributed by atoms with Crippen molar-refractivity contribution in [3.8, 4) is 17.5 Å². The second-order valence-electron chi connectivity index (χ2n) is 7.18. The maximum absolute atomic E-state index is 12.8. The SMILES string of the molecule is Cc1occc1-c1nnc(SC(C)C(=O)Nc2ccccc2C#N)n1Cc1ccccc1. The lowest BCUT2D eigenvalue weighted by atomic mass is 10.2. The molecule has 0 aliphatic carbocycles. The molecule has 4 rings (SSSR count). The van der Waals surface area contributed by atoms with E-state index < -0.39 is 5.25 Å². The molecule has 7 nitrogen and oxygen atoms in total. The van der Waals surface area contributed by atoms with Crippen LogP contribution in [0, 0.1) is 18.3 Å². The summed E-state index contributed by atoms with van der Waals surface area (Å²) in [6.45, 7) is 4.24. The molecule has 160 valence electrons. The monoisotopic (exact) mass is 443 g/mol. The van der Waals surface area contributed by atoms with E-state index in [4.69, 9.17) is 4.42 Å². The van der Waals surface area contributed by atoms with E-state index in [9.17, 15) is 10.1 Å². The number of hydrogen-bond acceptors (Lipinski definition) is 6. The van der Waals surface area contributed by atoms with Crippen LogP contribution in [0.15, 0.2) is 76.5 Å². The van der Waals surface area contributed by atoms with Crippen LogP contribution in [0.4, 0.5) is 5.69 Å². The second-order valence-corrected chi connectivity index (χ2v) is 8.48. The number of nitrogens with zero attached hydrogens (tertiary/aromatic N) is 4. The molecule has 0 spiro atoms. The van der Waals surface area contributed by atoms with Crippen LogP contribution < -0.4 is 5.32 Å². The number of hydrogen-bond donors (Lipinski definition) is 1. The maximum Gasteiger partial charge on any atom is 0.237 e. The lowest BCUT2D eigenvalue weighted by Gasteiger charge is -2.14. The first-order valence-electron chi connectivity index (χ1n) is 10.0. The number of carbonyl (C=O) groups excluding carboxylic acids is 1. The van der Waals surface area contributed by atoms with Crippen molar-refractivity contribution in [2.75, 3.05) is 5.32 Å². The molecule has 1 atom stereocenters. The molecule has 0 saturated heterocycles. The molecule has 0 radical (unpaired) electrons. The number of nitrogens with one attached hydrogen (secondary N) is 1. The minimum absolute atomic E-state index is 0.215. The van der Waals surface area contributed by atoms with E-state index in [1.165, 1.54) is 11.8 Å². The summed E-state index contributed by atoms with van der Waals surface area (Å²) in [6.07, 6.45) is 1.63. The van der Waals surface area contributed by atoms with Gasteiger partial charge >= 0.3 is 0 Å². The summed E-state index contributed by atoms with van der Waals surface area (Å²) in [6, 6.07) is 20.9. The van der Waals surface area contributed by atoms with E-state index in [1.807, 2.05) is 47.9 Å². The number of aryl methyl sites for hydroxylation is 1. The molecule has 2 aromatic carbocycles. The number of amides is 1. The maximum atomic E-state index is 12.8. The Bertz CT molecular complexity index is 1270.